The maximum absolute atomic E-state index is 13.3. The average Bonchev–Trinajstić information content (AvgIpc) is 3.23. The molecule has 184 valence electrons. The van der Waals surface area contributed by atoms with Gasteiger partial charge in [-0.15, -0.1) is 0 Å². The van der Waals surface area contributed by atoms with E-state index in [-0.39, 0.29) is 30.3 Å². The molecule has 1 spiro atoms. The summed E-state index contributed by atoms with van der Waals surface area (Å²) in [6.07, 6.45) is 3.54. The standard InChI is InChI=1S/C24H34N6O4/c1-17-16-34-14-6-5-9-24(23(33)26-18(2)22(32)25-17)10-12-29(13-11-24)21(31)15-30-27-19-7-3-4-8-20(19)28-30/h3-4,7-8,17-18H,5-6,9-16H2,1-2H3,(H,25,32)(H,26,33)/t17-,18-/m0/s1. The number of likely N-dealkylation sites (tertiary alicyclic amines) is 1. The van der Waals surface area contributed by atoms with Gasteiger partial charge in [0.05, 0.1) is 12.0 Å². The number of benzene rings is 1. The Morgan fingerprint density at radius 2 is 1.74 bits per heavy atom. The topological polar surface area (TPSA) is 118 Å². The van der Waals surface area contributed by atoms with Gasteiger partial charge >= 0.3 is 0 Å². The minimum atomic E-state index is -0.632. The molecule has 2 saturated heterocycles. The van der Waals surface area contributed by atoms with Gasteiger partial charge in [-0.3, -0.25) is 14.4 Å². The second-order valence-electron chi connectivity index (χ2n) is 9.52. The van der Waals surface area contributed by atoms with Crippen LogP contribution in [-0.4, -0.2) is 76.0 Å². The summed E-state index contributed by atoms with van der Waals surface area (Å²) in [7, 11) is 0. The van der Waals surface area contributed by atoms with Gasteiger partial charge in [0, 0.05) is 25.7 Å². The average molecular weight is 471 g/mol. The number of fused-ring (bicyclic) bond motifs is 1. The number of hydrogen-bond acceptors (Lipinski definition) is 6. The van der Waals surface area contributed by atoms with Gasteiger partial charge in [-0.2, -0.15) is 15.0 Å². The molecule has 34 heavy (non-hydrogen) atoms. The molecule has 1 aromatic heterocycles. The monoisotopic (exact) mass is 470 g/mol. The smallest absolute Gasteiger partial charge is 0.246 e. The molecule has 0 radical (unpaired) electrons. The number of ether oxygens (including phenoxy) is 1. The molecule has 10 nitrogen and oxygen atoms in total. The second kappa shape index (κ2) is 10.5. The number of rotatable bonds is 2. The molecule has 2 aromatic rings. The van der Waals surface area contributed by atoms with Crippen LogP contribution in [-0.2, 0) is 25.7 Å². The maximum atomic E-state index is 13.3. The Labute approximate surface area is 199 Å². The summed E-state index contributed by atoms with van der Waals surface area (Å²) in [6.45, 7) is 5.69. The molecular weight excluding hydrogens is 436 g/mol. The van der Waals surface area contributed by atoms with E-state index in [1.807, 2.05) is 31.2 Å². The van der Waals surface area contributed by atoms with Gasteiger partial charge in [0.2, 0.25) is 17.7 Å². The molecule has 1 aromatic carbocycles. The van der Waals surface area contributed by atoms with Crippen molar-refractivity contribution in [1.82, 2.24) is 30.5 Å². The van der Waals surface area contributed by atoms with Crippen molar-refractivity contribution in [3.8, 4) is 0 Å². The minimum Gasteiger partial charge on any atom is -0.379 e. The third kappa shape index (κ3) is 5.55. The van der Waals surface area contributed by atoms with Gasteiger partial charge in [-0.25, -0.2) is 0 Å². The van der Waals surface area contributed by atoms with Crippen LogP contribution in [0.15, 0.2) is 24.3 Å². The van der Waals surface area contributed by atoms with Crippen molar-refractivity contribution >= 4 is 28.8 Å². The molecule has 4 rings (SSSR count). The molecule has 2 N–H and O–H groups in total. The van der Waals surface area contributed by atoms with Crippen molar-refractivity contribution in [2.24, 2.45) is 5.41 Å². The van der Waals surface area contributed by atoms with Gasteiger partial charge in [-0.1, -0.05) is 18.6 Å². The number of nitrogens with zero attached hydrogens (tertiary/aromatic N) is 4. The van der Waals surface area contributed by atoms with E-state index in [4.69, 9.17) is 4.74 Å². The molecule has 2 atom stereocenters. The van der Waals surface area contributed by atoms with E-state index in [9.17, 15) is 14.4 Å². The van der Waals surface area contributed by atoms with Gasteiger partial charge in [-0.05, 0) is 51.7 Å². The van der Waals surface area contributed by atoms with Crippen LogP contribution >= 0.6 is 0 Å². The van der Waals surface area contributed by atoms with E-state index in [0.717, 1.165) is 23.9 Å². The van der Waals surface area contributed by atoms with E-state index >= 15 is 0 Å². The van der Waals surface area contributed by atoms with Crippen molar-refractivity contribution in [2.75, 3.05) is 26.3 Å². The van der Waals surface area contributed by atoms with E-state index < -0.39 is 11.5 Å². The fourth-order valence-corrected chi connectivity index (χ4v) is 4.72. The number of hydrogen-bond donors (Lipinski definition) is 2. The second-order valence-corrected chi connectivity index (χ2v) is 9.52. The zero-order chi connectivity index (χ0) is 24.1. The van der Waals surface area contributed by atoms with Gasteiger partial charge in [0.15, 0.2) is 0 Å². The van der Waals surface area contributed by atoms with Crippen LogP contribution in [0, 0.1) is 5.41 Å². The Hall–Kier alpha value is -3.01. The Morgan fingerprint density at radius 1 is 1.06 bits per heavy atom. The molecule has 2 aliphatic heterocycles. The highest BCUT2D eigenvalue weighted by Gasteiger charge is 2.42. The predicted octanol–water partition coefficient (Wildman–Crippen LogP) is 1.25. The van der Waals surface area contributed by atoms with Gasteiger partial charge in [0.25, 0.3) is 0 Å². The van der Waals surface area contributed by atoms with Crippen LogP contribution in [0.3, 0.4) is 0 Å². The van der Waals surface area contributed by atoms with Crippen LogP contribution in [0.1, 0.15) is 46.0 Å². The normalized spacial score (nSPS) is 24.6. The Balaban J connectivity index is 1.40. The third-order valence-electron chi connectivity index (χ3n) is 6.85. The van der Waals surface area contributed by atoms with E-state index in [2.05, 4.69) is 20.8 Å². The van der Waals surface area contributed by atoms with Crippen molar-refractivity contribution in [2.45, 2.75) is 64.6 Å². The molecule has 0 saturated carbocycles. The summed E-state index contributed by atoms with van der Waals surface area (Å²) < 4.78 is 5.69. The number of amides is 3. The molecule has 0 unspecified atom stereocenters. The van der Waals surface area contributed by atoms with Crippen LogP contribution in [0.5, 0.6) is 0 Å². The summed E-state index contributed by atoms with van der Waals surface area (Å²) in [5.41, 5.74) is 0.916. The lowest BCUT2D eigenvalue weighted by Crippen LogP contribution is -2.55. The minimum absolute atomic E-state index is 0.0599. The van der Waals surface area contributed by atoms with Crippen molar-refractivity contribution in [1.29, 1.82) is 0 Å². The number of aromatic nitrogens is 3. The molecule has 3 amide bonds. The molecule has 2 aliphatic rings. The Kier molecular flexibility index (Phi) is 7.45. The predicted molar refractivity (Wildman–Crippen MR) is 126 cm³/mol. The molecule has 2 fully saturated rings. The number of nitrogens with one attached hydrogen (secondary N) is 2. The maximum Gasteiger partial charge on any atom is 0.246 e. The van der Waals surface area contributed by atoms with Gasteiger partial charge < -0.3 is 20.3 Å². The van der Waals surface area contributed by atoms with Crippen molar-refractivity contribution in [3.05, 3.63) is 24.3 Å². The SMILES string of the molecule is C[C@@H]1NC(=O)C2(CCCCOC[C@H](C)NC1=O)CCN(C(=O)Cn1nc3ccccc3n1)CC2. The molecule has 0 bridgehead atoms. The van der Waals surface area contributed by atoms with E-state index in [0.29, 0.717) is 45.6 Å². The summed E-state index contributed by atoms with van der Waals surface area (Å²) in [6, 6.07) is 6.77. The first kappa shape index (κ1) is 24.1. The summed E-state index contributed by atoms with van der Waals surface area (Å²) in [4.78, 5) is 42.0. The Morgan fingerprint density at radius 3 is 2.41 bits per heavy atom. The van der Waals surface area contributed by atoms with E-state index in [1.165, 1.54) is 4.80 Å². The zero-order valence-corrected chi connectivity index (χ0v) is 20.0. The lowest BCUT2D eigenvalue weighted by atomic mass is 9.73. The largest absolute Gasteiger partial charge is 0.379 e. The third-order valence-corrected chi connectivity index (χ3v) is 6.85. The van der Waals surface area contributed by atoms with Crippen LogP contribution in [0.4, 0.5) is 0 Å². The van der Waals surface area contributed by atoms with Crippen LogP contribution < -0.4 is 10.6 Å². The highest BCUT2D eigenvalue weighted by molar-refractivity contribution is 5.90. The first-order valence-corrected chi connectivity index (χ1v) is 12.1. The lowest BCUT2D eigenvalue weighted by Gasteiger charge is -2.41. The first-order valence-electron chi connectivity index (χ1n) is 12.1. The highest BCUT2D eigenvalue weighted by Crippen LogP contribution is 2.37. The number of carbonyl (C=O) groups is 3. The van der Waals surface area contributed by atoms with Crippen molar-refractivity contribution < 1.29 is 19.1 Å². The Bertz CT molecular complexity index is 996. The number of piperidine rings is 1. The quantitative estimate of drug-likeness (QED) is 0.682. The summed E-state index contributed by atoms with van der Waals surface area (Å²) >= 11 is 0. The van der Waals surface area contributed by atoms with Crippen molar-refractivity contribution in [3.63, 3.8) is 0 Å². The molecule has 0 aliphatic carbocycles. The lowest BCUT2D eigenvalue weighted by molar-refractivity contribution is -0.143. The van der Waals surface area contributed by atoms with E-state index in [1.54, 1.807) is 11.8 Å². The summed E-state index contributed by atoms with van der Waals surface area (Å²) in [5.74, 6) is -0.379. The highest BCUT2D eigenvalue weighted by atomic mass is 16.5. The van der Waals surface area contributed by atoms with Gasteiger partial charge in [0.1, 0.15) is 23.6 Å². The fourth-order valence-electron chi connectivity index (χ4n) is 4.72. The van der Waals surface area contributed by atoms with Crippen LogP contribution in [0.2, 0.25) is 0 Å². The van der Waals surface area contributed by atoms with Crippen LogP contribution in [0.25, 0.3) is 11.0 Å². The molecular formula is C24H34N6O4. The summed E-state index contributed by atoms with van der Waals surface area (Å²) in [5, 5.41) is 14.6. The molecule has 10 heteroatoms. The zero-order valence-electron chi connectivity index (χ0n) is 20.0. The number of carbonyl (C=O) groups excluding carboxylic acids is 3. The molecule has 3 heterocycles. The first-order chi connectivity index (χ1) is 16.4. The fraction of sp³-hybridized carbons (Fsp3) is 0.625.